The van der Waals surface area contributed by atoms with Crippen molar-refractivity contribution in [1.82, 2.24) is 0 Å². The zero-order valence-electron chi connectivity index (χ0n) is 18.2. The monoisotopic (exact) mass is 432 g/mol. The van der Waals surface area contributed by atoms with Gasteiger partial charge in [0, 0.05) is 16.8 Å². The number of aliphatic imine (C=N–C) groups is 1. The molecule has 5 heteroatoms. The van der Waals surface area contributed by atoms with Gasteiger partial charge in [0.05, 0.1) is 5.56 Å². The van der Waals surface area contributed by atoms with Gasteiger partial charge in [-0.05, 0) is 66.0 Å². The molecule has 1 aromatic heterocycles. The third-order valence-electron chi connectivity index (χ3n) is 5.93. The topological polar surface area (TPSA) is 61.7 Å². The molecule has 1 atom stereocenters. The number of nitrogens with one attached hydrogen (secondary N) is 1. The minimum atomic E-state index is -0.110. The Hall–Kier alpha value is -2.92. The van der Waals surface area contributed by atoms with Crippen molar-refractivity contribution < 1.29 is 9.90 Å². The fourth-order valence-corrected chi connectivity index (χ4v) is 5.36. The largest absolute Gasteiger partial charge is 0.508 e. The van der Waals surface area contributed by atoms with Gasteiger partial charge in [-0.15, -0.1) is 11.3 Å². The molecular weight excluding hydrogens is 404 g/mol. The lowest BCUT2D eigenvalue weighted by Crippen LogP contribution is -2.27. The summed E-state index contributed by atoms with van der Waals surface area (Å²) >= 11 is 1.62. The molecule has 0 unspecified atom stereocenters. The van der Waals surface area contributed by atoms with E-state index in [0.29, 0.717) is 11.5 Å². The quantitative estimate of drug-likeness (QED) is 0.456. The van der Waals surface area contributed by atoms with E-state index in [1.54, 1.807) is 35.8 Å². The second-order valence-corrected chi connectivity index (χ2v) is 10.2. The number of fused-ring (bicyclic) bond motifs is 1. The molecule has 1 aliphatic rings. The third kappa shape index (κ3) is 4.88. The van der Waals surface area contributed by atoms with E-state index in [2.05, 4.69) is 26.1 Å². The van der Waals surface area contributed by atoms with Gasteiger partial charge in [-0.3, -0.25) is 4.79 Å². The van der Waals surface area contributed by atoms with Gasteiger partial charge < -0.3 is 10.4 Å². The van der Waals surface area contributed by atoms with Crippen molar-refractivity contribution in [3.05, 3.63) is 76.2 Å². The molecule has 0 fully saturated rings. The first-order chi connectivity index (χ1) is 14.8. The first kappa shape index (κ1) is 21.3. The summed E-state index contributed by atoms with van der Waals surface area (Å²) in [6.07, 6.45) is 4.68. The summed E-state index contributed by atoms with van der Waals surface area (Å²) in [6, 6.07) is 16.5. The number of phenolic OH excluding ortho intramolecular Hbond substituents is 1. The van der Waals surface area contributed by atoms with Crippen LogP contribution in [0.1, 0.15) is 53.6 Å². The second kappa shape index (κ2) is 8.67. The van der Waals surface area contributed by atoms with Crippen molar-refractivity contribution in [3.63, 3.8) is 0 Å². The van der Waals surface area contributed by atoms with E-state index in [0.717, 1.165) is 41.1 Å². The van der Waals surface area contributed by atoms with Gasteiger partial charge in [0.25, 0.3) is 5.91 Å². The molecule has 31 heavy (non-hydrogen) atoms. The average molecular weight is 433 g/mol. The van der Waals surface area contributed by atoms with Crippen molar-refractivity contribution in [1.29, 1.82) is 0 Å². The fourth-order valence-electron chi connectivity index (χ4n) is 4.09. The Kier molecular flexibility index (Phi) is 5.96. The zero-order chi connectivity index (χ0) is 22.0. The van der Waals surface area contributed by atoms with Gasteiger partial charge in [-0.25, -0.2) is 4.99 Å². The Morgan fingerprint density at radius 2 is 1.94 bits per heavy atom. The smallest absolute Gasteiger partial charge is 0.259 e. The number of hydrogen-bond donors (Lipinski definition) is 2. The first-order valence-electron chi connectivity index (χ1n) is 10.7. The number of para-hydroxylation sites is 1. The normalized spacial score (nSPS) is 16.3. The Morgan fingerprint density at radius 1 is 1.16 bits per heavy atom. The van der Waals surface area contributed by atoms with E-state index in [-0.39, 0.29) is 17.1 Å². The summed E-state index contributed by atoms with van der Waals surface area (Å²) in [5.41, 5.74) is 3.64. The van der Waals surface area contributed by atoms with Crippen molar-refractivity contribution >= 4 is 34.1 Å². The van der Waals surface area contributed by atoms with Crippen LogP contribution >= 0.6 is 11.3 Å². The van der Waals surface area contributed by atoms with E-state index >= 15 is 0 Å². The minimum absolute atomic E-state index is 0.110. The Morgan fingerprint density at radius 3 is 2.65 bits per heavy atom. The zero-order valence-corrected chi connectivity index (χ0v) is 19.0. The number of nitrogens with zero attached hydrogens (tertiary/aromatic N) is 1. The fraction of sp³-hybridized carbons (Fsp3) is 0.308. The number of rotatable bonds is 4. The van der Waals surface area contributed by atoms with Crippen LogP contribution in [0, 0.1) is 11.3 Å². The molecule has 0 spiro atoms. The van der Waals surface area contributed by atoms with Gasteiger partial charge in [0.1, 0.15) is 10.8 Å². The Balaban J connectivity index is 1.70. The molecule has 4 rings (SSSR count). The van der Waals surface area contributed by atoms with E-state index < -0.39 is 0 Å². The van der Waals surface area contributed by atoms with Crippen LogP contribution in [0.25, 0.3) is 0 Å². The maximum Gasteiger partial charge on any atom is 0.259 e. The molecule has 0 aliphatic heterocycles. The number of benzene rings is 2. The average Bonchev–Trinajstić information content (AvgIpc) is 3.10. The number of thiophene rings is 1. The van der Waals surface area contributed by atoms with E-state index in [1.165, 1.54) is 4.88 Å². The van der Waals surface area contributed by atoms with Gasteiger partial charge in [-0.1, -0.05) is 51.1 Å². The Labute approximate surface area is 187 Å². The summed E-state index contributed by atoms with van der Waals surface area (Å²) in [4.78, 5) is 19.3. The standard InChI is InChI=1S/C26H28N2O2S/c1-26(2,3)18-12-13-21-22(15-18)31-25(27-16-17-8-7-11-20(29)14-17)23(21)24(30)28-19-9-5-4-6-10-19/h4-11,14,16,18,29H,12-13,15H2,1-3H3,(H,28,30)/t18-/m1/s1. The lowest BCUT2D eigenvalue weighted by molar-refractivity contribution is 0.102. The Bertz CT molecular complexity index is 1110. The van der Waals surface area contributed by atoms with Crippen LogP contribution in [0.4, 0.5) is 10.7 Å². The van der Waals surface area contributed by atoms with E-state index in [4.69, 9.17) is 4.99 Å². The number of carbonyl (C=O) groups is 1. The maximum absolute atomic E-state index is 13.3. The molecule has 1 heterocycles. The van der Waals surface area contributed by atoms with E-state index in [1.807, 2.05) is 36.4 Å². The summed E-state index contributed by atoms with van der Waals surface area (Å²) in [5.74, 6) is 0.678. The molecule has 3 aromatic rings. The van der Waals surface area contributed by atoms with Gasteiger partial charge in [0.15, 0.2) is 0 Å². The molecule has 1 amide bonds. The lowest BCUT2D eigenvalue weighted by atomic mass is 9.72. The minimum Gasteiger partial charge on any atom is -0.508 e. The van der Waals surface area contributed by atoms with Crippen LogP contribution in [-0.4, -0.2) is 17.2 Å². The second-order valence-electron chi connectivity index (χ2n) is 9.16. The number of anilines is 1. The number of hydrogen-bond acceptors (Lipinski definition) is 4. The number of amides is 1. The van der Waals surface area contributed by atoms with Crippen LogP contribution in [0.2, 0.25) is 0 Å². The van der Waals surface area contributed by atoms with Crippen molar-refractivity contribution in [2.45, 2.75) is 40.0 Å². The van der Waals surface area contributed by atoms with Gasteiger partial charge >= 0.3 is 0 Å². The first-order valence-corrected chi connectivity index (χ1v) is 11.5. The molecule has 0 radical (unpaired) electrons. The third-order valence-corrected chi connectivity index (χ3v) is 7.09. The summed E-state index contributed by atoms with van der Waals surface area (Å²) in [6.45, 7) is 6.88. The molecular formula is C26H28N2O2S. The van der Waals surface area contributed by atoms with Crippen LogP contribution in [0.3, 0.4) is 0 Å². The highest BCUT2D eigenvalue weighted by Gasteiger charge is 2.33. The van der Waals surface area contributed by atoms with Gasteiger partial charge in [0.2, 0.25) is 0 Å². The van der Waals surface area contributed by atoms with E-state index in [9.17, 15) is 9.90 Å². The highest BCUT2D eigenvalue weighted by atomic mass is 32.1. The summed E-state index contributed by atoms with van der Waals surface area (Å²) < 4.78 is 0. The number of phenols is 1. The lowest BCUT2D eigenvalue weighted by Gasteiger charge is -2.33. The molecule has 1 aliphatic carbocycles. The number of aromatic hydroxyl groups is 1. The van der Waals surface area contributed by atoms with Crippen molar-refractivity contribution in [2.24, 2.45) is 16.3 Å². The molecule has 2 N–H and O–H groups in total. The van der Waals surface area contributed by atoms with Crippen molar-refractivity contribution in [3.8, 4) is 5.75 Å². The predicted molar refractivity (Wildman–Crippen MR) is 129 cm³/mol. The molecule has 2 aromatic carbocycles. The van der Waals surface area contributed by atoms with Crippen LogP contribution in [0.5, 0.6) is 5.75 Å². The van der Waals surface area contributed by atoms with Gasteiger partial charge in [-0.2, -0.15) is 0 Å². The predicted octanol–water partition coefficient (Wildman–Crippen LogP) is 6.61. The molecule has 4 nitrogen and oxygen atoms in total. The van der Waals surface area contributed by atoms with Crippen LogP contribution in [0.15, 0.2) is 59.6 Å². The molecule has 160 valence electrons. The summed E-state index contributed by atoms with van der Waals surface area (Å²) in [7, 11) is 0. The maximum atomic E-state index is 13.3. The highest BCUT2D eigenvalue weighted by molar-refractivity contribution is 7.16. The molecule has 0 saturated heterocycles. The van der Waals surface area contributed by atoms with Crippen LogP contribution in [-0.2, 0) is 12.8 Å². The number of carbonyl (C=O) groups excluding carboxylic acids is 1. The summed E-state index contributed by atoms with van der Waals surface area (Å²) in [5, 5.41) is 13.5. The highest BCUT2D eigenvalue weighted by Crippen LogP contribution is 2.45. The van der Waals surface area contributed by atoms with Crippen LogP contribution < -0.4 is 5.32 Å². The van der Waals surface area contributed by atoms with Crippen molar-refractivity contribution in [2.75, 3.05) is 5.32 Å². The molecule has 0 saturated carbocycles. The molecule has 0 bridgehead atoms. The SMILES string of the molecule is CC(C)(C)[C@@H]1CCc2c(sc(N=Cc3cccc(O)c3)c2C(=O)Nc2ccccc2)C1.